The minimum absolute atomic E-state index is 0.228. The van der Waals surface area contributed by atoms with Gasteiger partial charge in [0.15, 0.2) is 0 Å². The number of rotatable bonds is 5. The molecule has 0 bridgehead atoms. The van der Waals surface area contributed by atoms with Crippen molar-refractivity contribution >= 4 is 5.91 Å². The molecule has 0 aliphatic carbocycles. The standard InChI is InChI=1S/C19H27FN2O2/c20-18-6-3-16(4-7-18)5-8-19(23)22-9-1-2-17(15-22)14-21-10-12-24-13-11-21/h3-4,6-7,17H,1-2,5,8-15H2/t17-/m0/s1. The number of aryl methyl sites for hydroxylation is 1. The Morgan fingerprint density at radius 1 is 1.17 bits per heavy atom. The minimum Gasteiger partial charge on any atom is -0.379 e. The van der Waals surface area contributed by atoms with Gasteiger partial charge in [0.25, 0.3) is 0 Å². The molecular formula is C19H27FN2O2. The number of halogens is 1. The second kappa shape index (κ2) is 8.58. The summed E-state index contributed by atoms with van der Waals surface area (Å²) < 4.78 is 18.3. The average molecular weight is 334 g/mol. The Kier molecular flexibility index (Phi) is 6.21. The fourth-order valence-electron chi connectivity index (χ4n) is 3.65. The summed E-state index contributed by atoms with van der Waals surface area (Å²) in [5, 5.41) is 0. The van der Waals surface area contributed by atoms with Gasteiger partial charge in [0.1, 0.15) is 5.82 Å². The van der Waals surface area contributed by atoms with E-state index in [0.29, 0.717) is 18.8 Å². The Morgan fingerprint density at radius 2 is 1.92 bits per heavy atom. The first kappa shape index (κ1) is 17.4. The lowest BCUT2D eigenvalue weighted by Gasteiger charge is -2.36. The van der Waals surface area contributed by atoms with Crippen molar-refractivity contribution in [2.24, 2.45) is 5.92 Å². The van der Waals surface area contributed by atoms with Gasteiger partial charge in [0.2, 0.25) is 5.91 Å². The molecule has 2 aliphatic heterocycles. The number of carbonyl (C=O) groups is 1. The Hall–Kier alpha value is -1.46. The first-order chi connectivity index (χ1) is 11.7. The Bertz CT molecular complexity index is 529. The first-order valence-electron chi connectivity index (χ1n) is 9.03. The lowest BCUT2D eigenvalue weighted by molar-refractivity contribution is -0.133. The highest BCUT2D eigenvalue weighted by Crippen LogP contribution is 2.19. The van der Waals surface area contributed by atoms with Crippen LogP contribution in [0.3, 0.4) is 0 Å². The zero-order valence-electron chi connectivity index (χ0n) is 14.3. The number of benzene rings is 1. The van der Waals surface area contributed by atoms with Crippen molar-refractivity contribution in [3.8, 4) is 0 Å². The van der Waals surface area contributed by atoms with Crippen molar-refractivity contribution in [1.29, 1.82) is 0 Å². The van der Waals surface area contributed by atoms with Crippen molar-refractivity contribution in [3.63, 3.8) is 0 Å². The number of ether oxygens (including phenoxy) is 1. The van der Waals surface area contributed by atoms with Crippen molar-refractivity contribution in [1.82, 2.24) is 9.80 Å². The molecule has 1 amide bonds. The van der Waals surface area contributed by atoms with Gasteiger partial charge >= 0.3 is 0 Å². The molecule has 0 radical (unpaired) electrons. The summed E-state index contributed by atoms with van der Waals surface area (Å²) in [6.07, 6.45) is 3.50. The maximum Gasteiger partial charge on any atom is 0.222 e. The number of carbonyl (C=O) groups excluding carboxylic acids is 1. The van der Waals surface area contributed by atoms with E-state index in [0.717, 1.165) is 57.9 Å². The van der Waals surface area contributed by atoms with Crippen LogP contribution in [0.2, 0.25) is 0 Å². The van der Waals surface area contributed by atoms with E-state index in [-0.39, 0.29) is 11.7 Å². The minimum atomic E-state index is -0.230. The van der Waals surface area contributed by atoms with E-state index >= 15 is 0 Å². The Labute approximate surface area is 143 Å². The van der Waals surface area contributed by atoms with Crippen LogP contribution < -0.4 is 0 Å². The summed E-state index contributed by atoms with van der Waals surface area (Å²) in [6.45, 7) is 6.50. The number of morpholine rings is 1. The molecule has 0 saturated carbocycles. The van der Waals surface area contributed by atoms with Crippen LogP contribution in [0.25, 0.3) is 0 Å². The van der Waals surface area contributed by atoms with E-state index in [9.17, 15) is 9.18 Å². The Balaban J connectivity index is 1.44. The van der Waals surface area contributed by atoms with E-state index in [1.54, 1.807) is 12.1 Å². The molecule has 5 heteroatoms. The van der Waals surface area contributed by atoms with Gasteiger partial charge in [-0.3, -0.25) is 9.69 Å². The van der Waals surface area contributed by atoms with Crippen LogP contribution in [0.15, 0.2) is 24.3 Å². The lowest BCUT2D eigenvalue weighted by Crippen LogP contribution is -2.46. The fourth-order valence-corrected chi connectivity index (χ4v) is 3.65. The molecule has 132 valence electrons. The van der Waals surface area contributed by atoms with Crippen LogP contribution in [0.1, 0.15) is 24.8 Å². The van der Waals surface area contributed by atoms with Crippen LogP contribution in [0.5, 0.6) is 0 Å². The third kappa shape index (κ3) is 5.02. The number of hydrogen-bond donors (Lipinski definition) is 0. The predicted molar refractivity (Wildman–Crippen MR) is 91.3 cm³/mol. The maximum absolute atomic E-state index is 12.9. The molecule has 3 rings (SSSR count). The summed E-state index contributed by atoms with van der Waals surface area (Å²) in [6, 6.07) is 6.44. The largest absolute Gasteiger partial charge is 0.379 e. The summed E-state index contributed by atoms with van der Waals surface area (Å²) in [5.41, 5.74) is 1.02. The predicted octanol–water partition coefficient (Wildman–Crippen LogP) is 2.33. The number of piperidine rings is 1. The second-order valence-corrected chi connectivity index (χ2v) is 6.89. The Morgan fingerprint density at radius 3 is 2.67 bits per heavy atom. The maximum atomic E-state index is 12.9. The van der Waals surface area contributed by atoms with Gasteiger partial charge in [-0.1, -0.05) is 12.1 Å². The van der Waals surface area contributed by atoms with Gasteiger partial charge < -0.3 is 9.64 Å². The fraction of sp³-hybridized carbons (Fsp3) is 0.632. The average Bonchev–Trinajstić information content (AvgIpc) is 2.62. The smallest absolute Gasteiger partial charge is 0.222 e. The second-order valence-electron chi connectivity index (χ2n) is 6.89. The number of hydrogen-bond acceptors (Lipinski definition) is 3. The zero-order valence-corrected chi connectivity index (χ0v) is 14.3. The monoisotopic (exact) mass is 334 g/mol. The SMILES string of the molecule is O=C(CCc1ccc(F)cc1)N1CCC[C@@H](CN2CCOCC2)C1. The molecule has 0 aromatic heterocycles. The van der Waals surface area contributed by atoms with E-state index in [4.69, 9.17) is 4.74 Å². The van der Waals surface area contributed by atoms with Crippen molar-refractivity contribution < 1.29 is 13.9 Å². The third-order valence-corrected chi connectivity index (χ3v) is 5.03. The van der Waals surface area contributed by atoms with Crippen LogP contribution in [0, 0.1) is 11.7 Å². The molecule has 1 atom stereocenters. The van der Waals surface area contributed by atoms with Crippen molar-refractivity contribution in [2.75, 3.05) is 45.9 Å². The molecule has 2 heterocycles. The summed E-state index contributed by atoms with van der Waals surface area (Å²) >= 11 is 0. The number of amides is 1. The molecule has 0 N–H and O–H groups in total. The van der Waals surface area contributed by atoms with Crippen LogP contribution in [-0.4, -0.2) is 61.6 Å². The molecule has 0 spiro atoms. The van der Waals surface area contributed by atoms with E-state index in [1.807, 2.05) is 4.90 Å². The van der Waals surface area contributed by atoms with Gasteiger partial charge in [-0.25, -0.2) is 4.39 Å². The highest BCUT2D eigenvalue weighted by Gasteiger charge is 2.25. The van der Waals surface area contributed by atoms with Crippen molar-refractivity contribution in [2.45, 2.75) is 25.7 Å². The van der Waals surface area contributed by atoms with Gasteiger partial charge in [-0.05, 0) is 42.9 Å². The highest BCUT2D eigenvalue weighted by molar-refractivity contribution is 5.76. The van der Waals surface area contributed by atoms with Crippen molar-refractivity contribution in [3.05, 3.63) is 35.6 Å². The molecule has 0 unspecified atom stereocenters. The van der Waals surface area contributed by atoms with E-state index in [2.05, 4.69) is 4.90 Å². The lowest BCUT2D eigenvalue weighted by atomic mass is 9.96. The molecule has 1 aromatic carbocycles. The third-order valence-electron chi connectivity index (χ3n) is 5.03. The summed E-state index contributed by atoms with van der Waals surface area (Å²) in [7, 11) is 0. The quantitative estimate of drug-likeness (QED) is 0.828. The van der Waals surface area contributed by atoms with E-state index < -0.39 is 0 Å². The van der Waals surface area contributed by atoms with Crippen LogP contribution >= 0.6 is 0 Å². The summed E-state index contributed by atoms with van der Waals surface area (Å²) in [4.78, 5) is 17.0. The first-order valence-corrected chi connectivity index (χ1v) is 9.03. The van der Waals surface area contributed by atoms with Crippen LogP contribution in [-0.2, 0) is 16.0 Å². The number of likely N-dealkylation sites (tertiary alicyclic amines) is 1. The molecular weight excluding hydrogens is 307 g/mol. The van der Waals surface area contributed by atoms with Gasteiger partial charge in [0, 0.05) is 39.1 Å². The highest BCUT2D eigenvalue weighted by atomic mass is 19.1. The van der Waals surface area contributed by atoms with Crippen LogP contribution in [0.4, 0.5) is 4.39 Å². The molecule has 1 aromatic rings. The molecule has 2 aliphatic rings. The molecule has 2 fully saturated rings. The topological polar surface area (TPSA) is 32.8 Å². The summed E-state index contributed by atoms with van der Waals surface area (Å²) in [5.74, 6) is 0.574. The molecule has 2 saturated heterocycles. The van der Waals surface area contributed by atoms with Gasteiger partial charge in [-0.2, -0.15) is 0 Å². The van der Waals surface area contributed by atoms with E-state index in [1.165, 1.54) is 18.6 Å². The van der Waals surface area contributed by atoms with Gasteiger partial charge in [-0.15, -0.1) is 0 Å². The normalized spacial score (nSPS) is 22.5. The molecule has 24 heavy (non-hydrogen) atoms. The zero-order chi connectivity index (χ0) is 16.8. The van der Waals surface area contributed by atoms with Gasteiger partial charge in [0.05, 0.1) is 13.2 Å². The number of nitrogens with zero attached hydrogens (tertiary/aromatic N) is 2. The molecule has 4 nitrogen and oxygen atoms in total.